The van der Waals surface area contributed by atoms with Crippen molar-refractivity contribution in [3.8, 4) is 5.69 Å². The Balaban J connectivity index is 1.31. The fourth-order valence-corrected chi connectivity index (χ4v) is 12.7. The molecule has 1 unspecified atom stereocenters. The minimum Gasteiger partial charge on any atom is -0.330 e. The molecule has 3 heterocycles. The molecule has 0 spiro atoms. The summed E-state index contributed by atoms with van der Waals surface area (Å²) in [6, 6.07) is 63.9. The molecule has 0 fully saturated rings. The Hall–Kier alpha value is -7.24. The molecule has 80 heavy (non-hydrogen) atoms. The van der Waals surface area contributed by atoms with E-state index in [2.05, 4.69) is 320 Å². The summed E-state index contributed by atoms with van der Waals surface area (Å²) >= 11 is 0. The zero-order valence-corrected chi connectivity index (χ0v) is 51.3. The second-order valence-corrected chi connectivity index (χ2v) is 28.9. The Morgan fingerprint density at radius 2 is 0.838 bits per heavy atom. The Bertz CT molecular complexity index is 3710. The highest BCUT2D eigenvalue weighted by atomic mass is 15.2. The minimum absolute atomic E-state index is 0.00433. The molecule has 2 aliphatic heterocycles. The predicted octanol–water partition coefficient (Wildman–Crippen LogP) is 19.1. The number of benzene rings is 8. The number of fused-ring (bicyclic) bond motifs is 7. The molecule has 1 aromatic heterocycles. The first-order valence-corrected chi connectivity index (χ1v) is 29.4. The van der Waals surface area contributed by atoms with Crippen molar-refractivity contribution in [1.29, 1.82) is 0 Å². The molecule has 0 saturated heterocycles. The van der Waals surface area contributed by atoms with E-state index in [0.29, 0.717) is 0 Å². The maximum Gasteiger partial charge on any atom is 0.252 e. The van der Waals surface area contributed by atoms with Crippen LogP contribution in [0.5, 0.6) is 0 Å². The van der Waals surface area contributed by atoms with Crippen molar-refractivity contribution in [2.75, 3.05) is 14.7 Å². The highest BCUT2D eigenvalue weighted by Crippen LogP contribution is 2.50. The number of anilines is 8. The van der Waals surface area contributed by atoms with Gasteiger partial charge in [0.25, 0.3) is 6.71 Å². The van der Waals surface area contributed by atoms with E-state index in [1.807, 2.05) is 0 Å². The Morgan fingerprint density at radius 1 is 0.425 bits per heavy atom. The third kappa shape index (κ3) is 9.08. The first-order chi connectivity index (χ1) is 37.5. The van der Waals surface area contributed by atoms with Crippen LogP contribution in [0.2, 0.25) is 0 Å². The summed E-state index contributed by atoms with van der Waals surface area (Å²) in [4.78, 5) is 7.77. The zero-order valence-electron chi connectivity index (χ0n) is 51.3. The topological polar surface area (TPSA) is 14.7 Å². The van der Waals surface area contributed by atoms with Gasteiger partial charge in [0.1, 0.15) is 0 Å². The molecular formula is C75H85BN4. The van der Waals surface area contributed by atoms with E-state index in [9.17, 15) is 0 Å². The molecule has 8 aromatic carbocycles. The van der Waals surface area contributed by atoms with E-state index in [1.165, 1.54) is 77.7 Å². The van der Waals surface area contributed by atoms with Gasteiger partial charge in [-0.25, -0.2) is 0 Å². The van der Waals surface area contributed by atoms with Crippen molar-refractivity contribution in [3.05, 3.63) is 204 Å². The largest absolute Gasteiger partial charge is 0.330 e. The zero-order chi connectivity index (χ0) is 57.4. The number of para-hydroxylation sites is 2. The van der Waals surface area contributed by atoms with Crippen molar-refractivity contribution in [2.45, 2.75) is 157 Å². The standard InChI is InChI=1S/C75H85BN4/c1-20-75(19,48(2)3)80(56-40-32-51(33-41-56)72(10,11)12)65-27-23-25-59-58-24-21-22-26-62(58)79(69(59)65)57-46-66-68-67(47-57)78(55-38-30-50(31-39-55)71(7,8)9)64-43-35-53(74(16,17)18)45-61(64)76(68)60-44-52(73(13,14)15)34-42-63(60)77(66)54-36-28-49(29-37-54)70(4,5)6/h20-48H,1H2,2-19H3. The molecule has 4 nitrogen and oxygen atoms in total. The van der Waals surface area contributed by atoms with E-state index in [0.717, 1.165) is 39.5 Å². The minimum atomic E-state index is -0.467. The van der Waals surface area contributed by atoms with Crippen LogP contribution in [0.15, 0.2) is 176 Å². The third-order valence-electron chi connectivity index (χ3n) is 18.0. The first kappa shape index (κ1) is 54.7. The van der Waals surface area contributed by atoms with Crippen LogP contribution in [0, 0.1) is 5.92 Å². The second-order valence-electron chi connectivity index (χ2n) is 28.9. The van der Waals surface area contributed by atoms with Crippen LogP contribution in [0.3, 0.4) is 0 Å². The van der Waals surface area contributed by atoms with Crippen LogP contribution in [-0.4, -0.2) is 16.8 Å². The molecular weight excluding hydrogens is 968 g/mol. The number of hydrogen-bond donors (Lipinski definition) is 0. The molecule has 0 aliphatic carbocycles. The molecule has 2 aliphatic rings. The number of nitrogens with zero attached hydrogens (tertiary/aromatic N) is 4. The van der Waals surface area contributed by atoms with Crippen LogP contribution in [0.1, 0.15) is 152 Å². The smallest absolute Gasteiger partial charge is 0.252 e. The van der Waals surface area contributed by atoms with Crippen molar-refractivity contribution in [1.82, 2.24) is 4.57 Å². The lowest BCUT2D eigenvalue weighted by Gasteiger charge is -2.45. The summed E-state index contributed by atoms with van der Waals surface area (Å²) in [5.74, 6) is 0.217. The quantitative estimate of drug-likeness (QED) is 0.111. The van der Waals surface area contributed by atoms with Gasteiger partial charge in [0.15, 0.2) is 0 Å². The van der Waals surface area contributed by atoms with Gasteiger partial charge in [-0.3, -0.25) is 0 Å². The van der Waals surface area contributed by atoms with Gasteiger partial charge in [-0.1, -0.05) is 215 Å². The third-order valence-corrected chi connectivity index (χ3v) is 18.0. The van der Waals surface area contributed by atoms with E-state index < -0.39 is 5.54 Å². The van der Waals surface area contributed by atoms with Gasteiger partial charge in [-0.05, 0) is 157 Å². The van der Waals surface area contributed by atoms with Gasteiger partial charge in [-0.15, -0.1) is 6.58 Å². The van der Waals surface area contributed by atoms with E-state index in [1.54, 1.807) is 0 Å². The molecule has 11 rings (SSSR count). The lowest BCUT2D eigenvalue weighted by Crippen LogP contribution is -2.61. The van der Waals surface area contributed by atoms with Gasteiger partial charge in [-0.2, -0.15) is 0 Å². The molecule has 0 N–H and O–H groups in total. The average Bonchev–Trinajstić information content (AvgIpc) is 3.45. The normalized spacial score (nSPS) is 14.6. The molecule has 0 radical (unpaired) electrons. The Kier molecular flexibility index (Phi) is 12.9. The fourth-order valence-electron chi connectivity index (χ4n) is 12.7. The molecule has 408 valence electrons. The predicted molar refractivity (Wildman–Crippen MR) is 350 cm³/mol. The van der Waals surface area contributed by atoms with Gasteiger partial charge in [0.2, 0.25) is 0 Å². The van der Waals surface area contributed by atoms with Crippen LogP contribution in [-0.2, 0) is 27.1 Å². The molecule has 0 saturated carbocycles. The van der Waals surface area contributed by atoms with Gasteiger partial charge < -0.3 is 19.3 Å². The number of hydrogen-bond acceptors (Lipinski definition) is 3. The maximum absolute atomic E-state index is 4.60. The SMILES string of the molecule is C=CC(C)(C(C)C)N(c1ccc(C(C)(C)C)cc1)c1cccc2c3ccccc3n(-c3cc4c5c(c3)N(c3ccc(C(C)(C)C)cc3)c3ccc(C(C)(C)C)cc3B5c3cc(C(C)(C)C)ccc3N4c3ccc(C(C)(C)C)cc3)c12. The van der Waals surface area contributed by atoms with Gasteiger partial charge in [0, 0.05) is 50.6 Å². The summed E-state index contributed by atoms with van der Waals surface area (Å²) in [5, 5.41) is 2.42. The summed E-state index contributed by atoms with van der Waals surface area (Å²) in [7, 11) is 0. The summed E-state index contributed by atoms with van der Waals surface area (Å²) in [5.41, 5.74) is 22.7. The maximum atomic E-state index is 4.60. The second kappa shape index (κ2) is 18.9. The lowest BCUT2D eigenvalue weighted by atomic mass is 9.33. The van der Waals surface area contributed by atoms with Gasteiger partial charge >= 0.3 is 0 Å². The fraction of sp³-hybridized carbons (Fsp3) is 0.333. The summed E-state index contributed by atoms with van der Waals surface area (Å²) in [6.07, 6.45) is 2.17. The Morgan fingerprint density at radius 3 is 1.26 bits per heavy atom. The first-order valence-electron chi connectivity index (χ1n) is 29.4. The molecule has 5 heteroatoms. The van der Waals surface area contributed by atoms with E-state index in [-0.39, 0.29) is 39.7 Å². The van der Waals surface area contributed by atoms with Crippen LogP contribution in [0.4, 0.5) is 45.5 Å². The van der Waals surface area contributed by atoms with Gasteiger partial charge in [0.05, 0.1) is 27.9 Å². The average molecular weight is 1050 g/mol. The van der Waals surface area contributed by atoms with Crippen molar-refractivity contribution < 1.29 is 0 Å². The summed E-state index contributed by atoms with van der Waals surface area (Å²) in [6.45, 7) is 46.4. The molecule has 9 aromatic rings. The number of aromatic nitrogens is 1. The number of rotatable bonds is 8. The molecule has 1 atom stereocenters. The highest BCUT2D eigenvalue weighted by molar-refractivity contribution is 7.00. The highest BCUT2D eigenvalue weighted by Gasteiger charge is 2.45. The van der Waals surface area contributed by atoms with Crippen LogP contribution >= 0.6 is 0 Å². The van der Waals surface area contributed by atoms with Crippen molar-refractivity contribution in [2.24, 2.45) is 5.92 Å². The van der Waals surface area contributed by atoms with Crippen LogP contribution < -0.4 is 31.1 Å². The van der Waals surface area contributed by atoms with Crippen LogP contribution in [0.25, 0.3) is 27.5 Å². The molecule has 0 bridgehead atoms. The Labute approximate surface area is 480 Å². The van der Waals surface area contributed by atoms with Crippen molar-refractivity contribution in [3.63, 3.8) is 0 Å². The van der Waals surface area contributed by atoms with Crippen molar-refractivity contribution >= 4 is 90.4 Å². The summed E-state index contributed by atoms with van der Waals surface area (Å²) < 4.78 is 2.59. The molecule has 0 amide bonds. The monoisotopic (exact) mass is 1050 g/mol. The lowest BCUT2D eigenvalue weighted by molar-refractivity contribution is 0.413. The van der Waals surface area contributed by atoms with E-state index >= 15 is 0 Å². The van der Waals surface area contributed by atoms with E-state index in [4.69, 9.17) is 0 Å².